The normalized spacial score (nSPS) is 31.2. The molecule has 4 aliphatic rings. The van der Waals surface area contributed by atoms with E-state index in [0.29, 0.717) is 38.1 Å². The van der Waals surface area contributed by atoms with Gasteiger partial charge in [0.05, 0.1) is 35.7 Å². The predicted octanol–water partition coefficient (Wildman–Crippen LogP) is 3.67. The molecular formula is C31H41N3O7. The van der Waals surface area contributed by atoms with Gasteiger partial charge in [0.2, 0.25) is 5.91 Å². The number of carbonyl (C=O) groups is 3. The number of methoxy groups -OCH3 is 1. The third-order valence-corrected chi connectivity index (χ3v) is 9.94. The van der Waals surface area contributed by atoms with E-state index >= 15 is 0 Å². The van der Waals surface area contributed by atoms with Gasteiger partial charge in [-0.15, -0.1) is 0 Å². The molecular weight excluding hydrogens is 526 g/mol. The summed E-state index contributed by atoms with van der Waals surface area (Å²) in [5, 5.41) is 25.6. The Morgan fingerprint density at radius 2 is 1.78 bits per heavy atom. The summed E-state index contributed by atoms with van der Waals surface area (Å²) in [4.78, 5) is 38.7. The van der Waals surface area contributed by atoms with Gasteiger partial charge in [0, 0.05) is 31.9 Å². The smallest absolute Gasteiger partial charge is 0.309 e. The van der Waals surface area contributed by atoms with Crippen molar-refractivity contribution in [2.45, 2.75) is 76.9 Å². The summed E-state index contributed by atoms with van der Waals surface area (Å²) in [6.45, 7) is 3.84. The number of nitrogens with one attached hydrogen (secondary N) is 2. The molecule has 1 aromatic carbocycles. The van der Waals surface area contributed by atoms with E-state index in [0.717, 1.165) is 45.3 Å². The summed E-state index contributed by atoms with van der Waals surface area (Å²) in [7, 11) is 1.45. The van der Waals surface area contributed by atoms with Gasteiger partial charge in [0.1, 0.15) is 17.6 Å². The molecule has 1 aromatic rings. The maximum atomic E-state index is 13.7. The monoisotopic (exact) mass is 567 g/mol. The molecule has 3 aliphatic carbocycles. The SMILES string of the molecule is COc1cc(C#N)c(OC2CCC(C)(C(=O)O)CC2)cc1C(=O)N[C@@H]1[C@H]2CC[C@H](C2)[C@@H]1C(=O)NCC1CCOCC1. The molecule has 1 aliphatic heterocycles. The van der Waals surface area contributed by atoms with E-state index in [1.54, 1.807) is 13.0 Å². The van der Waals surface area contributed by atoms with Gasteiger partial charge in [-0.05, 0) is 88.5 Å². The topological polar surface area (TPSA) is 147 Å². The van der Waals surface area contributed by atoms with Crippen LogP contribution in [-0.4, -0.2) is 61.9 Å². The predicted molar refractivity (Wildman–Crippen MR) is 148 cm³/mol. The second-order valence-corrected chi connectivity index (χ2v) is 12.5. The average molecular weight is 568 g/mol. The van der Waals surface area contributed by atoms with Crippen LogP contribution in [0.4, 0.5) is 0 Å². The number of rotatable bonds is 9. The Labute approximate surface area is 241 Å². The number of nitrogens with zero attached hydrogens (tertiary/aromatic N) is 1. The minimum absolute atomic E-state index is 0.00969. The second-order valence-electron chi connectivity index (χ2n) is 12.5. The zero-order valence-electron chi connectivity index (χ0n) is 23.9. The number of nitriles is 1. The van der Waals surface area contributed by atoms with E-state index in [9.17, 15) is 24.8 Å². The molecule has 10 nitrogen and oxygen atoms in total. The first-order valence-electron chi connectivity index (χ1n) is 14.9. The molecule has 1 saturated heterocycles. The molecule has 2 amide bonds. The van der Waals surface area contributed by atoms with Crippen molar-refractivity contribution < 1.29 is 33.7 Å². The molecule has 3 N–H and O–H groups in total. The van der Waals surface area contributed by atoms with E-state index in [4.69, 9.17) is 14.2 Å². The number of hydrogen-bond acceptors (Lipinski definition) is 7. The van der Waals surface area contributed by atoms with Crippen LogP contribution in [-0.2, 0) is 14.3 Å². The van der Waals surface area contributed by atoms with Gasteiger partial charge in [-0.3, -0.25) is 14.4 Å². The molecule has 0 unspecified atom stereocenters. The van der Waals surface area contributed by atoms with E-state index in [-0.39, 0.29) is 64.3 Å². The zero-order valence-corrected chi connectivity index (χ0v) is 23.9. The molecule has 222 valence electrons. The lowest BCUT2D eigenvalue weighted by molar-refractivity contribution is -0.150. The van der Waals surface area contributed by atoms with Crippen molar-refractivity contribution >= 4 is 17.8 Å². The van der Waals surface area contributed by atoms with Crippen LogP contribution in [0.5, 0.6) is 11.5 Å². The van der Waals surface area contributed by atoms with Crippen LogP contribution in [0, 0.1) is 40.4 Å². The van der Waals surface area contributed by atoms with Crippen LogP contribution in [0.2, 0.25) is 0 Å². The number of ether oxygens (including phenoxy) is 3. The molecule has 1 heterocycles. The van der Waals surface area contributed by atoms with Gasteiger partial charge in [-0.25, -0.2) is 0 Å². The van der Waals surface area contributed by atoms with Crippen molar-refractivity contribution in [1.82, 2.24) is 10.6 Å². The Morgan fingerprint density at radius 3 is 2.44 bits per heavy atom. The van der Waals surface area contributed by atoms with Crippen LogP contribution >= 0.6 is 0 Å². The fourth-order valence-electron chi connectivity index (χ4n) is 7.25. The average Bonchev–Trinajstić information content (AvgIpc) is 3.59. The summed E-state index contributed by atoms with van der Waals surface area (Å²) >= 11 is 0. The van der Waals surface area contributed by atoms with Crippen molar-refractivity contribution in [3.63, 3.8) is 0 Å². The third kappa shape index (κ3) is 6.15. The summed E-state index contributed by atoms with van der Waals surface area (Å²) < 4.78 is 17.1. The molecule has 2 bridgehead atoms. The van der Waals surface area contributed by atoms with Crippen molar-refractivity contribution in [3.05, 3.63) is 23.3 Å². The first-order valence-corrected chi connectivity index (χ1v) is 14.9. The van der Waals surface area contributed by atoms with Crippen molar-refractivity contribution in [2.75, 3.05) is 26.9 Å². The van der Waals surface area contributed by atoms with Crippen LogP contribution in [0.15, 0.2) is 12.1 Å². The second kappa shape index (κ2) is 12.3. The highest BCUT2D eigenvalue weighted by Crippen LogP contribution is 2.49. The maximum absolute atomic E-state index is 13.7. The first kappa shape index (κ1) is 29.2. The van der Waals surface area contributed by atoms with Gasteiger partial charge >= 0.3 is 5.97 Å². The van der Waals surface area contributed by atoms with Crippen LogP contribution in [0.1, 0.15) is 80.6 Å². The number of aliphatic carboxylic acids is 1. The Balaban J connectivity index is 1.29. The highest BCUT2D eigenvalue weighted by atomic mass is 16.5. The summed E-state index contributed by atoms with van der Waals surface area (Å²) in [5.41, 5.74) is -0.288. The lowest BCUT2D eigenvalue weighted by atomic mass is 9.75. The minimum atomic E-state index is -0.812. The molecule has 4 fully saturated rings. The molecule has 3 saturated carbocycles. The number of fused-ring (bicyclic) bond motifs is 2. The third-order valence-electron chi connectivity index (χ3n) is 9.94. The van der Waals surface area contributed by atoms with E-state index in [2.05, 4.69) is 16.7 Å². The molecule has 41 heavy (non-hydrogen) atoms. The number of carboxylic acids is 1. The first-order chi connectivity index (χ1) is 19.7. The van der Waals surface area contributed by atoms with E-state index in [1.807, 2.05) is 0 Å². The quantitative estimate of drug-likeness (QED) is 0.410. The standard InChI is InChI=1S/C31H41N3O7/c1-31(30(37)38)9-5-22(6-10-31)41-24-15-23(25(39-2)14-21(24)16-32)28(35)34-27-20-4-3-19(13-20)26(27)29(36)33-17-18-7-11-40-12-8-18/h14-15,18-20,22,26-27H,3-13,17H2,1-2H3,(H,33,36)(H,34,35)(H,37,38)/t19-,20+,22?,26+,27-,31?/m1/s1. The van der Waals surface area contributed by atoms with E-state index < -0.39 is 11.4 Å². The highest BCUT2D eigenvalue weighted by molar-refractivity contribution is 5.98. The van der Waals surface area contributed by atoms with Gasteiger partial charge < -0.3 is 30.0 Å². The maximum Gasteiger partial charge on any atom is 0.309 e. The zero-order chi connectivity index (χ0) is 29.1. The van der Waals surface area contributed by atoms with Gasteiger partial charge in [-0.2, -0.15) is 5.26 Å². The van der Waals surface area contributed by atoms with Crippen molar-refractivity contribution in [2.24, 2.45) is 29.1 Å². The summed E-state index contributed by atoms with van der Waals surface area (Å²) in [6, 6.07) is 4.91. The molecule has 5 rings (SSSR count). The Kier molecular flexibility index (Phi) is 8.74. The fraction of sp³-hybridized carbons (Fsp3) is 0.677. The van der Waals surface area contributed by atoms with Gasteiger partial charge in [-0.1, -0.05) is 0 Å². The molecule has 0 spiro atoms. The fourth-order valence-corrected chi connectivity index (χ4v) is 7.25. The molecule has 0 radical (unpaired) electrons. The van der Waals surface area contributed by atoms with Gasteiger partial charge in [0.25, 0.3) is 5.91 Å². The summed E-state index contributed by atoms with van der Waals surface area (Å²) in [6.07, 6.45) is 6.56. The molecule has 10 heteroatoms. The number of hydrogen-bond donors (Lipinski definition) is 3. The Bertz CT molecular complexity index is 1200. The number of carbonyl (C=O) groups excluding carboxylic acids is 2. The van der Waals surface area contributed by atoms with E-state index in [1.165, 1.54) is 13.2 Å². The van der Waals surface area contributed by atoms with Crippen LogP contribution in [0.25, 0.3) is 0 Å². The lowest BCUT2D eigenvalue weighted by Crippen LogP contribution is -2.50. The van der Waals surface area contributed by atoms with Crippen molar-refractivity contribution in [1.29, 1.82) is 5.26 Å². The van der Waals surface area contributed by atoms with Crippen molar-refractivity contribution in [3.8, 4) is 17.6 Å². The molecule has 0 aromatic heterocycles. The lowest BCUT2D eigenvalue weighted by Gasteiger charge is -2.34. The number of benzene rings is 1. The Morgan fingerprint density at radius 1 is 1.07 bits per heavy atom. The van der Waals surface area contributed by atoms with Crippen LogP contribution < -0.4 is 20.1 Å². The Hall–Kier alpha value is -3.32. The van der Waals surface area contributed by atoms with Gasteiger partial charge in [0.15, 0.2) is 0 Å². The largest absolute Gasteiger partial charge is 0.496 e. The molecule has 4 atom stereocenters. The number of carboxylic acid groups (broad SMARTS) is 1. The van der Waals surface area contributed by atoms with Crippen LogP contribution in [0.3, 0.4) is 0 Å². The highest BCUT2D eigenvalue weighted by Gasteiger charge is 2.51. The summed E-state index contributed by atoms with van der Waals surface area (Å²) in [5.74, 6) is 0.0179. The number of amides is 2. The minimum Gasteiger partial charge on any atom is -0.496 e.